The number of fused-ring (bicyclic) bond motifs is 2. The van der Waals surface area contributed by atoms with E-state index in [4.69, 9.17) is 5.73 Å². The maximum absolute atomic E-state index is 10.4. The number of nitrogens with zero attached hydrogens (tertiary/aromatic N) is 3. The van der Waals surface area contributed by atoms with Crippen molar-refractivity contribution in [3.8, 4) is 0 Å². The normalized spacial score (nSPS) is 9.12. The van der Waals surface area contributed by atoms with Crippen molar-refractivity contribution in [3.63, 3.8) is 0 Å². The third kappa shape index (κ3) is 4.59. The summed E-state index contributed by atoms with van der Waals surface area (Å²) in [5.41, 5.74) is 9.23. The van der Waals surface area contributed by atoms with Crippen LogP contribution in [0.15, 0.2) is 49.1 Å². The first-order valence-electron chi connectivity index (χ1n) is 6.41. The Hall–Kier alpha value is -2.84. The Morgan fingerprint density at radius 2 is 1.48 bits per heavy atom. The minimum atomic E-state index is -0.453. The van der Waals surface area contributed by atoms with Crippen molar-refractivity contribution in [3.05, 3.63) is 59.2 Å². The monoisotopic (exact) mass is 384 g/mol. The van der Waals surface area contributed by atoms with Crippen LogP contribution in [0, 0.1) is 10.1 Å². The Balaban J connectivity index is 0.000000416. The maximum Gasteiger partial charge on any atom is 0.312 e. The minimum Gasteiger partial charge on any atom is -0.396 e. The molecule has 0 aliphatic heterocycles. The van der Waals surface area contributed by atoms with E-state index in [0.717, 1.165) is 11.0 Å². The lowest BCUT2D eigenvalue weighted by molar-refractivity contribution is -0.383. The van der Waals surface area contributed by atoms with Gasteiger partial charge >= 0.3 is 5.69 Å². The third-order valence-electron chi connectivity index (χ3n) is 3.08. The molecule has 0 aromatic carbocycles. The van der Waals surface area contributed by atoms with E-state index >= 15 is 0 Å². The standard InChI is InChI=1S/C7H5N3O2.C7H7N3.CH4.2ClH/c11-10(12)6-4-9-5-2-1-3-8-7(5)6;8-5-4-10-6-2-1-3-9-7(5)6;;;/h1-4,9H;1-4,10H,8H2;1H4;2*1H. The average molecular weight is 385 g/mol. The molecule has 0 spiro atoms. The Kier molecular flexibility index (Phi) is 8.38. The fourth-order valence-electron chi connectivity index (χ4n) is 2.06. The number of halogens is 2. The fraction of sp³-hybridized carbons (Fsp3) is 0.0667. The van der Waals surface area contributed by atoms with Crippen molar-refractivity contribution >= 4 is 58.3 Å². The number of H-pyrrole nitrogens is 2. The van der Waals surface area contributed by atoms with E-state index in [1.54, 1.807) is 24.5 Å². The Morgan fingerprint density at radius 1 is 0.960 bits per heavy atom. The minimum absolute atomic E-state index is 0. The number of hydrogen-bond acceptors (Lipinski definition) is 5. The second-order valence-corrected chi connectivity index (χ2v) is 4.47. The smallest absolute Gasteiger partial charge is 0.312 e. The largest absolute Gasteiger partial charge is 0.396 e. The van der Waals surface area contributed by atoms with Gasteiger partial charge in [-0.3, -0.25) is 15.1 Å². The van der Waals surface area contributed by atoms with Crippen molar-refractivity contribution in [2.75, 3.05) is 5.73 Å². The van der Waals surface area contributed by atoms with Gasteiger partial charge in [-0.2, -0.15) is 0 Å². The van der Waals surface area contributed by atoms with Crippen LogP contribution in [-0.2, 0) is 0 Å². The van der Waals surface area contributed by atoms with E-state index < -0.39 is 4.92 Å². The molecular formula is C15H18Cl2N6O2. The van der Waals surface area contributed by atoms with Crippen LogP contribution in [0.4, 0.5) is 11.4 Å². The molecule has 0 amide bonds. The maximum atomic E-state index is 10.4. The molecule has 0 saturated carbocycles. The first kappa shape index (κ1) is 22.2. The first-order chi connectivity index (χ1) is 10.7. The van der Waals surface area contributed by atoms with Gasteiger partial charge in [0.25, 0.3) is 0 Å². The quantitative estimate of drug-likeness (QED) is 0.336. The highest BCUT2D eigenvalue weighted by molar-refractivity contribution is 5.87. The number of nitrogens with one attached hydrogen (secondary N) is 2. The van der Waals surface area contributed by atoms with Crippen molar-refractivity contribution in [2.24, 2.45) is 0 Å². The van der Waals surface area contributed by atoms with Gasteiger partial charge in [0, 0.05) is 18.6 Å². The topological polar surface area (TPSA) is 127 Å². The molecule has 0 saturated heterocycles. The SMILES string of the molecule is C.Cl.Cl.Nc1c[nH]c2cccnc12.O=[N+]([O-])c1c[nH]c2cccnc12. The second kappa shape index (κ2) is 9.45. The zero-order chi connectivity index (χ0) is 15.5. The van der Waals surface area contributed by atoms with Crippen LogP contribution in [0.1, 0.15) is 7.43 Å². The summed E-state index contributed by atoms with van der Waals surface area (Å²) in [4.78, 5) is 23.7. The molecular weight excluding hydrogens is 367 g/mol. The first-order valence-corrected chi connectivity index (χ1v) is 6.41. The molecule has 0 atom stereocenters. The summed E-state index contributed by atoms with van der Waals surface area (Å²) in [6.07, 6.45) is 6.35. The number of rotatable bonds is 1. The zero-order valence-corrected chi connectivity index (χ0v) is 13.8. The van der Waals surface area contributed by atoms with Gasteiger partial charge in [0.05, 0.1) is 27.8 Å². The van der Waals surface area contributed by atoms with E-state index in [1.165, 1.54) is 12.4 Å². The van der Waals surface area contributed by atoms with Gasteiger partial charge in [0.15, 0.2) is 5.52 Å². The number of nitrogen functional groups attached to an aromatic ring is 1. The van der Waals surface area contributed by atoms with Gasteiger partial charge in [-0.1, -0.05) is 7.43 Å². The molecule has 10 heteroatoms. The molecule has 0 aliphatic rings. The number of anilines is 1. The van der Waals surface area contributed by atoms with E-state index in [-0.39, 0.29) is 37.9 Å². The Morgan fingerprint density at radius 3 is 2.04 bits per heavy atom. The van der Waals surface area contributed by atoms with Crippen molar-refractivity contribution < 1.29 is 4.92 Å². The van der Waals surface area contributed by atoms with Gasteiger partial charge in [-0.25, -0.2) is 4.98 Å². The third-order valence-corrected chi connectivity index (χ3v) is 3.08. The molecule has 0 radical (unpaired) electrons. The number of aromatic nitrogens is 4. The lowest BCUT2D eigenvalue weighted by atomic mass is 10.4. The van der Waals surface area contributed by atoms with E-state index in [1.807, 2.05) is 12.1 Å². The summed E-state index contributed by atoms with van der Waals surface area (Å²) in [6.45, 7) is 0. The van der Waals surface area contributed by atoms with Crippen molar-refractivity contribution in [2.45, 2.75) is 7.43 Å². The van der Waals surface area contributed by atoms with Gasteiger partial charge in [0.1, 0.15) is 5.52 Å². The molecule has 0 bridgehead atoms. The summed E-state index contributed by atoms with van der Waals surface area (Å²) in [7, 11) is 0. The zero-order valence-electron chi connectivity index (χ0n) is 12.2. The van der Waals surface area contributed by atoms with Crippen molar-refractivity contribution in [1.29, 1.82) is 0 Å². The lowest BCUT2D eigenvalue weighted by Gasteiger charge is -1.86. The van der Waals surface area contributed by atoms with Gasteiger partial charge < -0.3 is 15.7 Å². The molecule has 0 aliphatic carbocycles. The molecule has 25 heavy (non-hydrogen) atoms. The van der Waals surface area contributed by atoms with E-state index in [9.17, 15) is 10.1 Å². The molecule has 134 valence electrons. The van der Waals surface area contributed by atoms with Crippen LogP contribution in [0.3, 0.4) is 0 Å². The second-order valence-electron chi connectivity index (χ2n) is 4.47. The summed E-state index contributed by atoms with van der Waals surface area (Å²) in [5, 5.41) is 10.4. The van der Waals surface area contributed by atoms with Crippen LogP contribution < -0.4 is 5.73 Å². The molecule has 4 aromatic rings. The predicted octanol–water partition coefficient (Wildman–Crippen LogP) is 4.10. The highest BCUT2D eigenvalue weighted by Gasteiger charge is 2.13. The van der Waals surface area contributed by atoms with Gasteiger partial charge in [-0.15, -0.1) is 24.8 Å². The summed E-state index contributed by atoms with van der Waals surface area (Å²) < 4.78 is 0. The Bertz CT molecular complexity index is 953. The van der Waals surface area contributed by atoms with Crippen LogP contribution >= 0.6 is 24.8 Å². The Labute approximate surface area is 155 Å². The van der Waals surface area contributed by atoms with E-state index in [2.05, 4.69) is 19.9 Å². The summed E-state index contributed by atoms with van der Waals surface area (Å²) in [6, 6.07) is 7.29. The fourth-order valence-corrected chi connectivity index (χ4v) is 2.06. The molecule has 4 aromatic heterocycles. The molecule has 8 nitrogen and oxygen atoms in total. The number of hydrogen-bond donors (Lipinski definition) is 3. The van der Waals surface area contributed by atoms with Gasteiger partial charge in [0.2, 0.25) is 0 Å². The number of nitro groups is 1. The highest BCUT2D eigenvalue weighted by atomic mass is 35.5. The van der Waals surface area contributed by atoms with Gasteiger partial charge in [-0.05, 0) is 24.3 Å². The molecule has 4 N–H and O–H groups in total. The summed E-state index contributed by atoms with van der Waals surface area (Å²) >= 11 is 0. The number of aromatic amines is 2. The summed E-state index contributed by atoms with van der Waals surface area (Å²) in [5.74, 6) is 0. The molecule has 4 heterocycles. The lowest BCUT2D eigenvalue weighted by Crippen LogP contribution is -1.85. The highest BCUT2D eigenvalue weighted by Crippen LogP contribution is 2.21. The number of nitrogens with two attached hydrogens (primary N) is 1. The van der Waals surface area contributed by atoms with Crippen molar-refractivity contribution in [1.82, 2.24) is 19.9 Å². The van der Waals surface area contributed by atoms with Crippen LogP contribution in [-0.4, -0.2) is 24.9 Å². The average Bonchev–Trinajstić information content (AvgIpc) is 3.13. The molecule has 0 fully saturated rings. The molecule has 0 unspecified atom stereocenters. The molecule has 4 rings (SSSR count). The van der Waals surface area contributed by atoms with Crippen LogP contribution in [0.2, 0.25) is 0 Å². The number of pyridine rings is 2. The van der Waals surface area contributed by atoms with Crippen LogP contribution in [0.5, 0.6) is 0 Å². The van der Waals surface area contributed by atoms with Crippen LogP contribution in [0.25, 0.3) is 22.1 Å². The predicted molar refractivity (Wildman–Crippen MR) is 104 cm³/mol. The van der Waals surface area contributed by atoms with E-state index in [0.29, 0.717) is 16.7 Å².